The second kappa shape index (κ2) is 7.05. The van der Waals surface area contributed by atoms with E-state index in [0.717, 1.165) is 18.8 Å². The first kappa shape index (κ1) is 14.5. The maximum Gasteiger partial charge on any atom is 0.416 e. The van der Waals surface area contributed by atoms with Gasteiger partial charge in [-0.25, -0.2) is 9.69 Å². The standard InChI is InChI=1S/C12H13NO3.C3H6O/c1-9(14)13-11(8-16-12(13)15)7-10-5-3-2-4-6-10;1-2-4-3-1/h2-6,11H,7-8H2,1H3;1-3H2. The molecule has 0 spiro atoms. The molecule has 1 aromatic rings. The van der Waals surface area contributed by atoms with Crippen LogP contribution in [-0.2, 0) is 20.7 Å². The summed E-state index contributed by atoms with van der Waals surface area (Å²) in [5.74, 6) is -0.261. The Bertz CT molecular complexity index is 452. The summed E-state index contributed by atoms with van der Waals surface area (Å²) >= 11 is 0. The lowest BCUT2D eigenvalue weighted by Gasteiger charge is -2.17. The first-order chi connectivity index (χ1) is 9.68. The number of rotatable bonds is 2. The molecule has 0 aliphatic carbocycles. The van der Waals surface area contributed by atoms with E-state index in [1.165, 1.54) is 18.2 Å². The molecule has 1 aromatic carbocycles. The van der Waals surface area contributed by atoms with E-state index in [9.17, 15) is 9.59 Å². The summed E-state index contributed by atoms with van der Waals surface area (Å²) in [6.45, 7) is 3.66. The summed E-state index contributed by atoms with van der Waals surface area (Å²) in [5, 5.41) is 0. The van der Waals surface area contributed by atoms with E-state index in [4.69, 9.17) is 9.47 Å². The van der Waals surface area contributed by atoms with Crippen LogP contribution in [0.4, 0.5) is 4.79 Å². The van der Waals surface area contributed by atoms with E-state index in [0.29, 0.717) is 6.42 Å². The number of amides is 2. The molecule has 3 rings (SSSR count). The van der Waals surface area contributed by atoms with Crippen LogP contribution in [0.3, 0.4) is 0 Å². The molecule has 5 nitrogen and oxygen atoms in total. The summed E-state index contributed by atoms with van der Waals surface area (Å²) in [7, 11) is 0. The predicted molar refractivity (Wildman–Crippen MR) is 73.2 cm³/mol. The van der Waals surface area contributed by atoms with Gasteiger partial charge in [0.2, 0.25) is 5.91 Å². The molecule has 0 saturated carbocycles. The van der Waals surface area contributed by atoms with Crippen LogP contribution in [0.5, 0.6) is 0 Å². The molecule has 20 heavy (non-hydrogen) atoms. The third-order valence-corrected chi connectivity index (χ3v) is 3.19. The van der Waals surface area contributed by atoms with Gasteiger partial charge in [-0.15, -0.1) is 0 Å². The Labute approximate surface area is 118 Å². The Morgan fingerprint density at radius 3 is 2.40 bits per heavy atom. The summed E-state index contributed by atoms with van der Waals surface area (Å²) in [6.07, 6.45) is 1.39. The summed E-state index contributed by atoms with van der Waals surface area (Å²) < 4.78 is 9.60. The van der Waals surface area contributed by atoms with Crippen LogP contribution in [0.15, 0.2) is 30.3 Å². The summed E-state index contributed by atoms with van der Waals surface area (Å²) in [4.78, 5) is 23.8. The molecule has 0 N–H and O–H groups in total. The van der Waals surface area contributed by atoms with Crippen LogP contribution in [-0.4, -0.2) is 42.8 Å². The quantitative estimate of drug-likeness (QED) is 0.829. The smallest absolute Gasteiger partial charge is 0.416 e. The Morgan fingerprint density at radius 2 is 1.90 bits per heavy atom. The molecule has 5 heteroatoms. The lowest BCUT2D eigenvalue weighted by Crippen LogP contribution is -2.38. The molecular formula is C15H19NO4. The molecule has 108 valence electrons. The van der Waals surface area contributed by atoms with Crippen molar-refractivity contribution < 1.29 is 19.1 Å². The van der Waals surface area contributed by atoms with Crippen molar-refractivity contribution in [1.82, 2.24) is 4.90 Å². The van der Waals surface area contributed by atoms with Crippen molar-refractivity contribution in [3.8, 4) is 0 Å². The fourth-order valence-corrected chi connectivity index (χ4v) is 2.03. The van der Waals surface area contributed by atoms with E-state index < -0.39 is 6.09 Å². The number of hydrogen-bond donors (Lipinski definition) is 0. The zero-order valence-electron chi connectivity index (χ0n) is 11.6. The van der Waals surface area contributed by atoms with Crippen LogP contribution in [0, 0.1) is 0 Å². The molecule has 2 saturated heterocycles. The van der Waals surface area contributed by atoms with Gasteiger partial charge in [-0.05, 0) is 18.4 Å². The van der Waals surface area contributed by atoms with Crippen LogP contribution >= 0.6 is 0 Å². The van der Waals surface area contributed by atoms with Crippen molar-refractivity contribution in [2.45, 2.75) is 25.8 Å². The molecule has 2 amide bonds. The Hall–Kier alpha value is -1.88. The third kappa shape index (κ3) is 3.81. The van der Waals surface area contributed by atoms with Gasteiger partial charge < -0.3 is 9.47 Å². The number of carbonyl (C=O) groups excluding carboxylic acids is 2. The number of imide groups is 1. The van der Waals surface area contributed by atoms with E-state index in [1.807, 2.05) is 30.3 Å². The number of benzene rings is 1. The fourth-order valence-electron chi connectivity index (χ4n) is 2.03. The van der Waals surface area contributed by atoms with Gasteiger partial charge in [0.1, 0.15) is 6.61 Å². The van der Waals surface area contributed by atoms with E-state index in [2.05, 4.69) is 0 Å². The van der Waals surface area contributed by atoms with Crippen LogP contribution in [0.1, 0.15) is 18.9 Å². The average molecular weight is 277 g/mol. The van der Waals surface area contributed by atoms with E-state index in [-0.39, 0.29) is 18.6 Å². The van der Waals surface area contributed by atoms with Gasteiger partial charge in [-0.1, -0.05) is 30.3 Å². The normalized spacial score (nSPS) is 20.6. The molecule has 0 bridgehead atoms. The van der Waals surface area contributed by atoms with Crippen molar-refractivity contribution in [3.63, 3.8) is 0 Å². The molecule has 0 aromatic heterocycles. The van der Waals surface area contributed by atoms with E-state index >= 15 is 0 Å². The van der Waals surface area contributed by atoms with Gasteiger partial charge in [0.05, 0.1) is 6.04 Å². The van der Waals surface area contributed by atoms with Gasteiger partial charge in [0.25, 0.3) is 0 Å². The maximum absolute atomic E-state index is 11.3. The van der Waals surface area contributed by atoms with Gasteiger partial charge in [0, 0.05) is 20.1 Å². The first-order valence-electron chi connectivity index (χ1n) is 6.76. The Balaban J connectivity index is 0.000000315. The van der Waals surface area contributed by atoms with Crippen molar-refractivity contribution >= 4 is 12.0 Å². The molecule has 1 atom stereocenters. The topological polar surface area (TPSA) is 55.8 Å². The highest BCUT2D eigenvalue weighted by Crippen LogP contribution is 2.17. The zero-order chi connectivity index (χ0) is 14.4. The third-order valence-electron chi connectivity index (χ3n) is 3.19. The van der Waals surface area contributed by atoms with Crippen molar-refractivity contribution in [3.05, 3.63) is 35.9 Å². The summed E-state index contributed by atoms with van der Waals surface area (Å²) in [6, 6.07) is 9.58. The second-order valence-electron chi connectivity index (χ2n) is 4.78. The minimum atomic E-state index is -0.534. The number of cyclic esters (lactones) is 1. The molecule has 2 heterocycles. The Kier molecular flexibility index (Phi) is 5.12. The lowest BCUT2D eigenvalue weighted by molar-refractivity contribution is -0.126. The number of carbonyl (C=O) groups is 2. The van der Waals surface area contributed by atoms with Crippen LogP contribution in [0.2, 0.25) is 0 Å². The molecular weight excluding hydrogens is 258 g/mol. The first-order valence-corrected chi connectivity index (χ1v) is 6.76. The zero-order valence-corrected chi connectivity index (χ0v) is 11.6. The highest BCUT2D eigenvalue weighted by molar-refractivity contribution is 5.92. The van der Waals surface area contributed by atoms with Crippen LogP contribution in [0.25, 0.3) is 0 Å². The molecule has 2 aliphatic heterocycles. The van der Waals surface area contributed by atoms with Gasteiger partial charge >= 0.3 is 6.09 Å². The van der Waals surface area contributed by atoms with E-state index in [1.54, 1.807) is 0 Å². The lowest BCUT2D eigenvalue weighted by atomic mass is 10.1. The minimum absolute atomic E-state index is 0.174. The SMILES string of the molecule is C1COC1.CC(=O)N1C(=O)OCC1Cc1ccccc1. The van der Waals surface area contributed by atoms with Gasteiger partial charge in [-0.2, -0.15) is 0 Å². The van der Waals surface area contributed by atoms with Crippen molar-refractivity contribution in [1.29, 1.82) is 0 Å². The fraction of sp³-hybridized carbons (Fsp3) is 0.467. The monoisotopic (exact) mass is 277 g/mol. The summed E-state index contributed by atoms with van der Waals surface area (Å²) in [5.41, 5.74) is 1.09. The molecule has 1 unspecified atom stereocenters. The molecule has 2 fully saturated rings. The molecule has 2 aliphatic rings. The van der Waals surface area contributed by atoms with Crippen LogP contribution < -0.4 is 0 Å². The highest BCUT2D eigenvalue weighted by Gasteiger charge is 2.35. The maximum atomic E-state index is 11.3. The number of hydrogen-bond acceptors (Lipinski definition) is 4. The van der Waals surface area contributed by atoms with Crippen molar-refractivity contribution in [2.75, 3.05) is 19.8 Å². The number of ether oxygens (including phenoxy) is 2. The largest absolute Gasteiger partial charge is 0.447 e. The van der Waals surface area contributed by atoms with Gasteiger partial charge in [-0.3, -0.25) is 4.79 Å². The predicted octanol–water partition coefficient (Wildman–Crippen LogP) is 2.00. The highest BCUT2D eigenvalue weighted by atomic mass is 16.6. The second-order valence-corrected chi connectivity index (χ2v) is 4.78. The average Bonchev–Trinajstić information content (AvgIpc) is 2.69. The minimum Gasteiger partial charge on any atom is -0.447 e. The molecule has 0 radical (unpaired) electrons. The Morgan fingerprint density at radius 1 is 1.30 bits per heavy atom. The van der Waals surface area contributed by atoms with Crippen molar-refractivity contribution in [2.24, 2.45) is 0 Å². The number of nitrogens with zero attached hydrogens (tertiary/aromatic N) is 1. The van der Waals surface area contributed by atoms with Gasteiger partial charge in [0.15, 0.2) is 0 Å².